The Balaban J connectivity index is 1.79. The minimum atomic E-state index is -0.888. The van der Waals surface area contributed by atoms with Crippen LogP contribution in [0.3, 0.4) is 0 Å². The van der Waals surface area contributed by atoms with E-state index < -0.39 is 23.3 Å². The molecule has 4 heteroatoms. The molecule has 2 spiro atoms. The molecule has 2 bridgehead atoms. The van der Waals surface area contributed by atoms with Crippen LogP contribution in [0.1, 0.15) is 47.5 Å². The average molecular weight is 342 g/mol. The topological polar surface area (TPSA) is 52.6 Å². The molecule has 25 heavy (non-hydrogen) atoms. The highest BCUT2D eigenvalue weighted by Crippen LogP contribution is 2.72. The van der Waals surface area contributed by atoms with Crippen molar-refractivity contribution >= 4 is 11.9 Å². The highest BCUT2D eigenvalue weighted by Gasteiger charge is 2.77. The number of rotatable bonds is 0. The predicted octanol–water partition coefficient (Wildman–Crippen LogP) is 4.05. The molecule has 134 valence electrons. The molecule has 5 rings (SSSR count). The lowest BCUT2D eigenvalue weighted by Crippen LogP contribution is -2.58. The van der Waals surface area contributed by atoms with E-state index >= 15 is 0 Å². The van der Waals surface area contributed by atoms with Gasteiger partial charge in [0.15, 0.2) is 17.5 Å². The van der Waals surface area contributed by atoms with Crippen LogP contribution in [-0.2, 0) is 14.3 Å². The minimum absolute atomic E-state index is 0.100. The van der Waals surface area contributed by atoms with Gasteiger partial charge >= 0.3 is 6.16 Å². The Kier molecular flexibility index (Phi) is 2.64. The first kappa shape index (κ1) is 15.7. The number of ketones is 1. The van der Waals surface area contributed by atoms with Crippen LogP contribution >= 0.6 is 0 Å². The third kappa shape index (κ3) is 1.52. The molecule has 2 saturated carbocycles. The summed E-state index contributed by atoms with van der Waals surface area (Å²) >= 11 is 0. The lowest BCUT2D eigenvalue weighted by atomic mass is 9.59. The summed E-state index contributed by atoms with van der Waals surface area (Å²) in [6, 6.07) is 0. The van der Waals surface area contributed by atoms with Gasteiger partial charge in [0.25, 0.3) is 0 Å². The molecule has 1 aliphatic heterocycles. The number of ether oxygens (including phenoxy) is 2. The molecule has 1 saturated heterocycles. The van der Waals surface area contributed by atoms with Gasteiger partial charge in [0.1, 0.15) is 0 Å². The van der Waals surface area contributed by atoms with Gasteiger partial charge in [-0.2, -0.15) is 0 Å². The number of allylic oxidation sites excluding steroid dienone is 1. The number of carbonyl (C=O) groups is 2. The number of Topliss-reactive ketones (excluding diaryl/α,β-unsaturated/α-hetero) is 1. The van der Waals surface area contributed by atoms with E-state index in [0.29, 0.717) is 18.3 Å². The number of carbonyl (C=O) groups excluding carboxylic acids is 2. The molecule has 0 radical (unpaired) electrons. The van der Waals surface area contributed by atoms with Crippen LogP contribution in [0, 0.1) is 34.5 Å². The quantitative estimate of drug-likeness (QED) is 0.492. The largest absolute Gasteiger partial charge is 0.509 e. The molecule has 0 aromatic rings. The summed E-state index contributed by atoms with van der Waals surface area (Å²) in [4.78, 5) is 26.1. The van der Waals surface area contributed by atoms with Crippen LogP contribution < -0.4 is 0 Å². The van der Waals surface area contributed by atoms with Gasteiger partial charge < -0.3 is 9.47 Å². The van der Waals surface area contributed by atoms with E-state index in [-0.39, 0.29) is 23.0 Å². The van der Waals surface area contributed by atoms with Gasteiger partial charge in [-0.3, -0.25) is 4.79 Å². The maximum Gasteiger partial charge on any atom is 0.509 e. The zero-order valence-electron chi connectivity index (χ0n) is 15.6. The van der Waals surface area contributed by atoms with Gasteiger partial charge in [-0.05, 0) is 49.0 Å². The van der Waals surface area contributed by atoms with Gasteiger partial charge in [0.2, 0.25) is 0 Å². The van der Waals surface area contributed by atoms with Crippen molar-refractivity contribution in [1.29, 1.82) is 0 Å². The monoisotopic (exact) mass is 342 g/mol. The Hall–Kier alpha value is -1.58. The highest BCUT2D eigenvalue weighted by molar-refractivity contribution is 5.95. The van der Waals surface area contributed by atoms with Crippen molar-refractivity contribution in [3.8, 4) is 0 Å². The smallest absolute Gasteiger partial charge is 0.422 e. The predicted molar refractivity (Wildman–Crippen MR) is 91.7 cm³/mol. The van der Waals surface area contributed by atoms with E-state index in [1.54, 1.807) is 0 Å². The third-order valence-electron chi connectivity index (χ3n) is 8.10. The van der Waals surface area contributed by atoms with Crippen molar-refractivity contribution in [1.82, 2.24) is 0 Å². The molecule has 4 aliphatic carbocycles. The lowest BCUT2D eigenvalue weighted by Gasteiger charge is -2.45. The third-order valence-corrected chi connectivity index (χ3v) is 8.10. The molecule has 7 atom stereocenters. The summed E-state index contributed by atoms with van der Waals surface area (Å²) < 4.78 is 11.5. The highest BCUT2D eigenvalue weighted by atomic mass is 16.8. The second-order valence-electron chi connectivity index (χ2n) is 9.67. The van der Waals surface area contributed by atoms with Crippen molar-refractivity contribution in [3.05, 3.63) is 23.3 Å². The Morgan fingerprint density at radius 1 is 1.20 bits per heavy atom. The van der Waals surface area contributed by atoms with E-state index in [9.17, 15) is 9.59 Å². The maximum atomic E-state index is 14.0. The Morgan fingerprint density at radius 3 is 2.64 bits per heavy atom. The van der Waals surface area contributed by atoms with Crippen molar-refractivity contribution in [3.63, 3.8) is 0 Å². The van der Waals surface area contributed by atoms with Gasteiger partial charge in [-0.15, -0.1) is 0 Å². The number of hydrogen-bond donors (Lipinski definition) is 0. The fourth-order valence-corrected chi connectivity index (χ4v) is 7.02. The van der Waals surface area contributed by atoms with Crippen LogP contribution in [0.5, 0.6) is 0 Å². The van der Waals surface area contributed by atoms with Crippen molar-refractivity contribution in [2.24, 2.45) is 34.5 Å². The summed E-state index contributed by atoms with van der Waals surface area (Å²) in [5.74, 6) is 1.22. The molecule has 0 aromatic heterocycles. The summed E-state index contributed by atoms with van der Waals surface area (Å²) in [6.07, 6.45) is 4.74. The van der Waals surface area contributed by atoms with Crippen LogP contribution in [0.4, 0.5) is 4.79 Å². The van der Waals surface area contributed by atoms with Crippen molar-refractivity contribution in [2.75, 3.05) is 0 Å². The second-order valence-corrected chi connectivity index (χ2v) is 9.67. The first-order chi connectivity index (χ1) is 11.6. The molecule has 4 nitrogen and oxygen atoms in total. The molecule has 3 fully saturated rings. The van der Waals surface area contributed by atoms with E-state index in [4.69, 9.17) is 9.47 Å². The van der Waals surface area contributed by atoms with Crippen LogP contribution in [0.25, 0.3) is 0 Å². The number of fused-ring (bicyclic) bond motifs is 3. The number of hydrogen-bond acceptors (Lipinski definition) is 4. The molecule has 0 amide bonds. The maximum absolute atomic E-state index is 14.0. The van der Waals surface area contributed by atoms with Crippen molar-refractivity contribution in [2.45, 2.75) is 59.2 Å². The summed E-state index contributed by atoms with van der Waals surface area (Å²) in [5.41, 5.74) is 0.669. The molecule has 0 N–H and O–H groups in total. The Bertz CT molecular complexity index is 775. The fourth-order valence-electron chi connectivity index (χ4n) is 7.02. The summed E-state index contributed by atoms with van der Waals surface area (Å²) in [6.45, 7) is 10.8. The molecule has 0 aromatic carbocycles. The Labute approximate surface area is 148 Å². The van der Waals surface area contributed by atoms with Crippen LogP contribution in [-0.4, -0.2) is 23.6 Å². The zero-order valence-corrected chi connectivity index (χ0v) is 15.6. The second kappa shape index (κ2) is 4.21. The first-order valence-corrected chi connectivity index (χ1v) is 9.46. The normalized spacial score (nSPS) is 51.8. The Morgan fingerprint density at radius 2 is 1.92 bits per heavy atom. The zero-order chi connectivity index (χ0) is 17.9. The van der Waals surface area contributed by atoms with E-state index in [1.807, 2.05) is 13.8 Å². The molecule has 1 heterocycles. The van der Waals surface area contributed by atoms with Crippen LogP contribution in [0.2, 0.25) is 0 Å². The van der Waals surface area contributed by atoms with Crippen molar-refractivity contribution < 1.29 is 19.1 Å². The van der Waals surface area contributed by atoms with Gasteiger partial charge in [0, 0.05) is 12.3 Å². The SMILES string of the molecule is CC1=C[C@]23C(=O)[C@@H](C=C(C)C4OC(=O)O[C@]42C1)C1[C@@H](C[C@H]3C)C1(C)C. The van der Waals surface area contributed by atoms with Gasteiger partial charge in [-0.25, -0.2) is 4.79 Å². The molecule has 5 aliphatic rings. The molecule has 2 unspecified atom stereocenters. The van der Waals surface area contributed by atoms with E-state index in [0.717, 1.165) is 17.6 Å². The first-order valence-electron chi connectivity index (χ1n) is 9.46. The molecular formula is C21H26O4. The molecular weight excluding hydrogens is 316 g/mol. The standard InChI is InChI=1S/C21H26O4/c1-10-8-20-12(3)7-14-15(19(14,4)5)13(16(20)22)6-11(2)17-21(20,9-10)25-18(23)24-17/h6,8,12-15,17H,7,9H2,1-5H3/t12-,13+,14-,15?,17?,20+,21-/m1/s1. The summed E-state index contributed by atoms with van der Waals surface area (Å²) in [5, 5.41) is 0. The van der Waals surface area contributed by atoms with E-state index in [2.05, 4.69) is 32.9 Å². The van der Waals surface area contributed by atoms with Gasteiger partial charge in [-0.1, -0.05) is 38.5 Å². The lowest BCUT2D eigenvalue weighted by molar-refractivity contribution is -0.147. The van der Waals surface area contributed by atoms with E-state index in [1.165, 1.54) is 0 Å². The van der Waals surface area contributed by atoms with Gasteiger partial charge in [0.05, 0.1) is 5.41 Å². The fraction of sp³-hybridized carbons (Fsp3) is 0.714. The average Bonchev–Trinajstić information content (AvgIpc) is 2.81. The summed E-state index contributed by atoms with van der Waals surface area (Å²) in [7, 11) is 0. The van der Waals surface area contributed by atoms with Crippen LogP contribution in [0.15, 0.2) is 23.3 Å². The minimum Gasteiger partial charge on any atom is -0.422 e.